The Balaban J connectivity index is 1.49. The Morgan fingerprint density at radius 2 is 1.55 bits per heavy atom. The molecule has 3 N–H and O–H groups in total. The molecule has 1 fully saturated rings. The monoisotopic (exact) mass is 426 g/mol. The number of anilines is 1. The lowest BCUT2D eigenvalue weighted by molar-refractivity contribution is -1.00. The molecule has 1 aliphatic rings. The van der Waals surface area contributed by atoms with Crippen LogP contribution in [-0.4, -0.2) is 55.5 Å². The summed E-state index contributed by atoms with van der Waals surface area (Å²) in [6, 6.07) is 8.10. The summed E-state index contributed by atoms with van der Waals surface area (Å²) in [5.74, 6) is 0.303. The van der Waals surface area contributed by atoms with E-state index in [4.69, 9.17) is 0 Å². The molecule has 31 heavy (non-hydrogen) atoms. The first-order chi connectivity index (χ1) is 14.8. The average molecular weight is 427 g/mol. The maximum atomic E-state index is 12.9. The zero-order chi connectivity index (χ0) is 22.5. The number of benzene rings is 1. The number of rotatable bonds is 8. The van der Waals surface area contributed by atoms with Crippen LogP contribution in [0.3, 0.4) is 0 Å². The minimum atomic E-state index is 0.0651. The molecule has 168 valence electrons. The Hall–Kier alpha value is -2.44. The number of quaternary nitrogens is 2. The summed E-state index contributed by atoms with van der Waals surface area (Å²) in [7, 11) is 0. The molecule has 1 amide bonds. The van der Waals surface area contributed by atoms with E-state index in [0.717, 1.165) is 67.2 Å². The molecular formula is C25H38N4O2+2. The van der Waals surface area contributed by atoms with Crippen LogP contribution in [0.4, 0.5) is 5.69 Å². The van der Waals surface area contributed by atoms with Gasteiger partial charge in [-0.3, -0.25) is 9.59 Å². The van der Waals surface area contributed by atoms with Crippen molar-refractivity contribution < 1.29 is 19.4 Å². The van der Waals surface area contributed by atoms with E-state index in [1.54, 1.807) is 0 Å². The fraction of sp³-hybridized carbons (Fsp3) is 0.520. The van der Waals surface area contributed by atoms with E-state index in [1.807, 2.05) is 38.1 Å². The molecule has 0 bridgehead atoms. The number of aryl methyl sites for hydroxylation is 3. The Bertz CT molecular complexity index is 919. The second-order valence-corrected chi connectivity index (χ2v) is 9.03. The van der Waals surface area contributed by atoms with Gasteiger partial charge in [0.25, 0.3) is 5.91 Å². The molecule has 6 nitrogen and oxygen atoms in total. The lowest BCUT2D eigenvalue weighted by Crippen LogP contribution is -3.28. The highest BCUT2D eigenvalue weighted by Crippen LogP contribution is 2.19. The van der Waals surface area contributed by atoms with Crippen LogP contribution in [0.15, 0.2) is 24.3 Å². The number of hydrogen-bond donors (Lipinski definition) is 3. The van der Waals surface area contributed by atoms with E-state index in [-0.39, 0.29) is 11.7 Å². The average Bonchev–Trinajstić information content (AvgIpc) is 3.01. The van der Waals surface area contributed by atoms with Crippen LogP contribution in [-0.2, 0) is 11.3 Å². The number of para-hydroxylation sites is 1. The number of aromatic nitrogens is 1. The molecule has 3 rings (SSSR count). The number of nitrogens with one attached hydrogen (secondary N) is 3. The zero-order valence-corrected chi connectivity index (χ0v) is 19.7. The van der Waals surface area contributed by atoms with Crippen molar-refractivity contribution in [3.8, 4) is 0 Å². The smallest absolute Gasteiger partial charge is 0.279 e. The predicted octanol–water partition coefficient (Wildman–Crippen LogP) is 0.737. The highest BCUT2D eigenvalue weighted by molar-refractivity contribution is 5.98. The van der Waals surface area contributed by atoms with Gasteiger partial charge in [0.05, 0.1) is 0 Å². The molecule has 2 aromatic rings. The Kier molecular flexibility index (Phi) is 7.68. The second kappa shape index (κ2) is 10.2. The minimum absolute atomic E-state index is 0.0651. The van der Waals surface area contributed by atoms with E-state index in [2.05, 4.69) is 30.7 Å². The van der Waals surface area contributed by atoms with Crippen LogP contribution in [0, 0.1) is 27.7 Å². The highest BCUT2D eigenvalue weighted by atomic mass is 16.2. The van der Waals surface area contributed by atoms with Crippen LogP contribution in [0.25, 0.3) is 0 Å². The fourth-order valence-electron chi connectivity index (χ4n) is 4.71. The van der Waals surface area contributed by atoms with Gasteiger partial charge in [-0.2, -0.15) is 0 Å². The van der Waals surface area contributed by atoms with Crippen LogP contribution in [0.1, 0.15) is 46.2 Å². The van der Waals surface area contributed by atoms with E-state index >= 15 is 0 Å². The second-order valence-electron chi connectivity index (χ2n) is 9.03. The topological polar surface area (TPSA) is 60.0 Å². The van der Waals surface area contributed by atoms with Crippen LogP contribution >= 0.6 is 0 Å². The Morgan fingerprint density at radius 3 is 2.13 bits per heavy atom. The minimum Gasteiger partial charge on any atom is -0.348 e. The first-order valence-corrected chi connectivity index (χ1v) is 11.5. The maximum absolute atomic E-state index is 12.9. The third-order valence-electron chi connectivity index (χ3n) is 6.55. The van der Waals surface area contributed by atoms with Crippen molar-refractivity contribution in [1.82, 2.24) is 4.57 Å². The lowest BCUT2D eigenvalue weighted by Gasteiger charge is -2.29. The van der Waals surface area contributed by atoms with Crippen molar-refractivity contribution in [2.24, 2.45) is 0 Å². The van der Waals surface area contributed by atoms with Crippen molar-refractivity contribution in [3.63, 3.8) is 0 Å². The number of hydrogen-bond acceptors (Lipinski definition) is 2. The quantitative estimate of drug-likeness (QED) is 0.546. The van der Waals surface area contributed by atoms with Crippen LogP contribution in [0.2, 0.25) is 0 Å². The summed E-state index contributed by atoms with van der Waals surface area (Å²) in [5.41, 5.74) is 6.26. The molecule has 6 heteroatoms. The Morgan fingerprint density at radius 1 is 0.968 bits per heavy atom. The standard InChI is InChI=1S/C25H36N4O2/c1-6-10-29-20(4)15-22(21(29)5)23(30)16-27-11-13-28(14-12-27)17-24(31)26-25-18(2)8-7-9-19(25)3/h7-9,15H,6,10-14,16-17H2,1-5H3,(H,26,31)/p+2. The van der Waals surface area contributed by atoms with Gasteiger partial charge in [-0.1, -0.05) is 25.1 Å². The molecule has 0 saturated carbocycles. The van der Waals surface area contributed by atoms with Crippen molar-refractivity contribution in [1.29, 1.82) is 0 Å². The number of piperazine rings is 1. The highest BCUT2D eigenvalue weighted by Gasteiger charge is 2.28. The van der Waals surface area contributed by atoms with Gasteiger partial charge in [0.2, 0.25) is 5.78 Å². The number of carbonyl (C=O) groups is 2. The summed E-state index contributed by atoms with van der Waals surface area (Å²) < 4.78 is 2.25. The first-order valence-electron chi connectivity index (χ1n) is 11.5. The van der Waals surface area contributed by atoms with E-state index < -0.39 is 0 Å². The van der Waals surface area contributed by atoms with Gasteiger partial charge in [0, 0.05) is 29.2 Å². The van der Waals surface area contributed by atoms with Crippen LogP contribution < -0.4 is 15.1 Å². The molecule has 2 heterocycles. The van der Waals surface area contributed by atoms with E-state index in [1.165, 1.54) is 15.5 Å². The number of ketones is 1. The van der Waals surface area contributed by atoms with Crippen molar-refractivity contribution >= 4 is 17.4 Å². The summed E-state index contributed by atoms with van der Waals surface area (Å²) in [5, 5.41) is 3.09. The van der Waals surface area contributed by atoms with Gasteiger partial charge in [-0.05, 0) is 51.3 Å². The van der Waals surface area contributed by atoms with Crippen molar-refractivity contribution in [2.45, 2.75) is 47.6 Å². The molecule has 1 aromatic heterocycles. The fourth-order valence-corrected chi connectivity index (χ4v) is 4.71. The van der Waals surface area contributed by atoms with Gasteiger partial charge in [-0.15, -0.1) is 0 Å². The van der Waals surface area contributed by atoms with Gasteiger partial charge >= 0.3 is 0 Å². The summed E-state index contributed by atoms with van der Waals surface area (Å²) in [6.45, 7) is 16.0. The first kappa shape index (κ1) is 23.2. The Labute approximate surface area is 186 Å². The summed E-state index contributed by atoms with van der Waals surface area (Å²) in [6.07, 6.45) is 1.07. The molecular weight excluding hydrogens is 388 g/mol. The molecule has 0 unspecified atom stereocenters. The molecule has 0 radical (unpaired) electrons. The number of nitrogens with zero attached hydrogens (tertiary/aromatic N) is 1. The van der Waals surface area contributed by atoms with Crippen molar-refractivity contribution in [2.75, 3.05) is 44.6 Å². The number of carbonyl (C=O) groups excluding carboxylic acids is 2. The summed E-state index contributed by atoms with van der Waals surface area (Å²) in [4.78, 5) is 28.1. The largest absolute Gasteiger partial charge is 0.348 e. The van der Waals surface area contributed by atoms with E-state index in [0.29, 0.717) is 13.1 Å². The molecule has 0 spiro atoms. The van der Waals surface area contributed by atoms with Gasteiger partial charge in [0.15, 0.2) is 6.54 Å². The maximum Gasteiger partial charge on any atom is 0.279 e. The molecule has 1 saturated heterocycles. The lowest BCUT2D eigenvalue weighted by atomic mass is 10.1. The molecule has 1 aliphatic heterocycles. The van der Waals surface area contributed by atoms with Gasteiger partial charge < -0.3 is 19.7 Å². The normalized spacial score (nSPS) is 18.7. The number of Topliss-reactive ketones (excluding diaryl/α,β-unsaturated/α-hetero) is 1. The third kappa shape index (κ3) is 5.63. The SMILES string of the molecule is CCCn1c(C)cc(C(=O)C[NH+]2CC[NH+](CC(=O)Nc3c(C)cccc3C)CC2)c1C. The predicted molar refractivity (Wildman–Crippen MR) is 124 cm³/mol. The molecule has 0 aliphatic carbocycles. The zero-order valence-electron chi connectivity index (χ0n) is 19.7. The van der Waals surface area contributed by atoms with Gasteiger partial charge in [0.1, 0.15) is 32.7 Å². The third-order valence-corrected chi connectivity index (χ3v) is 6.55. The van der Waals surface area contributed by atoms with Crippen LogP contribution in [0.5, 0.6) is 0 Å². The van der Waals surface area contributed by atoms with Gasteiger partial charge in [-0.25, -0.2) is 0 Å². The molecule has 0 atom stereocenters. The number of amides is 1. The van der Waals surface area contributed by atoms with Crippen molar-refractivity contribution in [3.05, 3.63) is 52.3 Å². The molecule has 1 aromatic carbocycles. The summed E-state index contributed by atoms with van der Waals surface area (Å²) >= 11 is 0. The van der Waals surface area contributed by atoms with E-state index in [9.17, 15) is 9.59 Å².